The van der Waals surface area contributed by atoms with Gasteiger partial charge in [0.15, 0.2) is 0 Å². The molecule has 1 amide bonds. The lowest BCUT2D eigenvalue weighted by molar-refractivity contribution is -0.134. The lowest BCUT2D eigenvalue weighted by atomic mass is 9.88. The highest BCUT2D eigenvalue weighted by molar-refractivity contribution is 5.90. The summed E-state index contributed by atoms with van der Waals surface area (Å²) in [5, 5.41) is 1.19. The maximum atomic E-state index is 13.4. The summed E-state index contributed by atoms with van der Waals surface area (Å²) in [6.07, 6.45) is 4.48. The van der Waals surface area contributed by atoms with Gasteiger partial charge in [0.1, 0.15) is 5.54 Å². The number of methoxy groups -OCH3 is 1. The molecule has 186 valence electrons. The van der Waals surface area contributed by atoms with Crippen LogP contribution in [0.1, 0.15) is 62.4 Å². The lowest BCUT2D eigenvalue weighted by Crippen LogP contribution is -2.48. The topological polar surface area (TPSA) is 68.4 Å². The highest BCUT2D eigenvalue weighted by Crippen LogP contribution is 2.34. The second-order valence-electron chi connectivity index (χ2n) is 10.3. The van der Waals surface area contributed by atoms with Crippen LogP contribution in [0.15, 0.2) is 54.6 Å². The van der Waals surface area contributed by atoms with E-state index >= 15 is 0 Å². The third-order valence-electron chi connectivity index (χ3n) is 7.34. The molecule has 35 heavy (non-hydrogen) atoms. The van der Waals surface area contributed by atoms with Crippen molar-refractivity contribution in [1.82, 2.24) is 9.88 Å². The summed E-state index contributed by atoms with van der Waals surface area (Å²) in [5.41, 5.74) is 11.2. The van der Waals surface area contributed by atoms with Gasteiger partial charge in [-0.15, -0.1) is 0 Å². The van der Waals surface area contributed by atoms with Crippen molar-refractivity contribution >= 4 is 16.8 Å². The average molecular weight is 474 g/mol. The van der Waals surface area contributed by atoms with Crippen molar-refractivity contribution in [2.75, 3.05) is 13.7 Å². The first-order valence-corrected chi connectivity index (χ1v) is 12.9. The number of carbonyl (C=O) groups is 1. The number of para-hydroxylation sites is 1. The van der Waals surface area contributed by atoms with Crippen molar-refractivity contribution in [2.45, 2.75) is 71.1 Å². The molecule has 5 heteroatoms. The van der Waals surface area contributed by atoms with E-state index in [4.69, 9.17) is 15.5 Å². The Labute approximate surface area is 209 Å². The molecule has 2 unspecified atom stereocenters. The fourth-order valence-corrected chi connectivity index (χ4v) is 5.42. The molecule has 2 heterocycles. The fourth-order valence-electron chi connectivity index (χ4n) is 5.42. The number of aryl methyl sites for hydroxylation is 2. The SMILES string of the molecule is CCC(CC(C)C)N1CCC(N)(c2ccc(CCc3cc(COC)nc4ccccc34)cc2)C1=O. The van der Waals surface area contributed by atoms with Crippen molar-refractivity contribution in [1.29, 1.82) is 0 Å². The number of ether oxygens (including phenoxy) is 1. The van der Waals surface area contributed by atoms with Crippen LogP contribution in [-0.2, 0) is 34.5 Å². The zero-order chi connectivity index (χ0) is 25.0. The molecule has 1 aliphatic heterocycles. The number of hydrogen-bond acceptors (Lipinski definition) is 4. The molecule has 2 aromatic carbocycles. The minimum atomic E-state index is -0.917. The monoisotopic (exact) mass is 473 g/mol. The predicted octanol–water partition coefficient (Wildman–Crippen LogP) is 5.38. The number of nitrogens with zero attached hydrogens (tertiary/aromatic N) is 2. The predicted molar refractivity (Wildman–Crippen MR) is 142 cm³/mol. The molecule has 0 aliphatic carbocycles. The highest BCUT2D eigenvalue weighted by Gasteiger charge is 2.46. The largest absolute Gasteiger partial charge is 0.378 e. The first-order chi connectivity index (χ1) is 16.9. The van der Waals surface area contributed by atoms with Gasteiger partial charge in [-0.25, -0.2) is 0 Å². The van der Waals surface area contributed by atoms with Gasteiger partial charge >= 0.3 is 0 Å². The summed E-state index contributed by atoms with van der Waals surface area (Å²) in [4.78, 5) is 20.1. The van der Waals surface area contributed by atoms with Crippen molar-refractivity contribution in [3.8, 4) is 0 Å². The molecule has 0 spiro atoms. The summed E-state index contributed by atoms with van der Waals surface area (Å²) in [5.74, 6) is 0.634. The van der Waals surface area contributed by atoms with E-state index in [1.54, 1.807) is 7.11 Å². The van der Waals surface area contributed by atoms with E-state index in [2.05, 4.69) is 69.3 Å². The summed E-state index contributed by atoms with van der Waals surface area (Å²) >= 11 is 0. The van der Waals surface area contributed by atoms with Gasteiger partial charge in [0.2, 0.25) is 5.91 Å². The van der Waals surface area contributed by atoms with Gasteiger partial charge in [-0.3, -0.25) is 9.78 Å². The van der Waals surface area contributed by atoms with Crippen molar-refractivity contribution in [3.05, 3.63) is 77.0 Å². The highest BCUT2D eigenvalue weighted by atomic mass is 16.5. The Balaban J connectivity index is 1.48. The smallest absolute Gasteiger partial charge is 0.247 e. The number of pyridine rings is 1. The standard InChI is InChI=1S/C30H39N3O2/c1-5-26(18-21(2)3)33-17-16-30(31,29(33)34)24-14-11-22(12-15-24)10-13-23-19-25(20-35-4)32-28-9-7-6-8-27(23)28/h6-9,11-12,14-15,19,21,26H,5,10,13,16-18,20,31H2,1-4H3. The van der Waals surface area contributed by atoms with Crippen molar-refractivity contribution in [3.63, 3.8) is 0 Å². The molecular formula is C30H39N3O2. The van der Waals surface area contributed by atoms with E-state index in [0.29, 0.717) is 18.9 Å². The van der Waals surface area contributed by atoms with E-state index < -0.39 is 5.54 Å². The van der Waals surface area contributed by atoms with Crippen LogP contribution in [-0.4, -0.2) is 35.5 Å². The maximum absolute atomic E-state index is 13.4. The van der Waals surface area contributed by atoms with Gasteiger partial charge in [0, 0.05) is 25.1 Å². The zero-order valence-electron chi connectivity index (χ0n) is 21.6. The number of aromatic nitrogens is 1. The molecular weight excluding hydrogens is 434 g/mol. The van der Waals surface area contributed by atoms with Gasteiger partial charge in [-0.1, -0.05) is 63.2 Å². The molecule has 5 nitrogen and oxygen atoms in total. The molecule has 0 bridgehead atoms. The lowest BCUT2D eigenvalue weighted by Gasteiger charge is -2.31. The number of hydrogen-bond donors (Lipinski definition) is 1. The molecule has 2 N–H and O–H groups in total. The zero-order valence-corrected chi connectivity index (χ0v) is 21.6. The van der Waals surface area contributed by atoms with Crippen LogP contribution in [0.25, 0.3) is 10.9 Å². The van der Waals surface area contributed by atoms with Gasteiger partial charge in [0.05, 0.1) is 17.8 Å². The molecule has 0 radical (unpaired) electrons. The molecule has 0 saturated carbocycles. The Bertz CT molecular complexity index is 1160. The van der Waals surface area contributed by atoms with E-state index in [-0.39, 0.29) is 11.9 Å². The Kier molecular flexibility index (Phi) is 7.88. The number of likely N-dealkylation sites (tertiary alicyclic amines) is 1. The molecule has 3 aromatic rings. The number of carbonyl (C=O) groups excluding carboxylic acids is 1. The first kappa shape index (κ1) is 25.3. The first-order valence-electron chi connectivity index (χ1n) is 12.9. The van der Waals surface area contributed by atoms with Gasteiger partial charge in [-0.05, 0) is 66.8 Å². The van der Waals surface area contributed by atoms with Crippen LogP contribution in [0, 0.1) is 5.92 Å². The van der Waals surface area contributed by atoms with Crippen LogP contribution in [0.4, 0.5) is 0 Å². The average Bonchev–Trinajstić information content (AvgIpc) is 3.16. The minimum absolute atomic E-state index is 0.0756. The molecule has 1 fully saturated rings. The third-order valence-corrected chi connectivity index (χ3v) is 7.34. The Morgan fingerprint density at radius 3 is 2.54 bits per heavy atom. The fraction of sp³-hybridized carbons (Fsp3) is 0.467. The Morgan fingerprint density at radius 2 is 1.86 bits per heavy atom. The van der Waals surface area contributed by atoms with Crippen LogP contribution in [0.5, 0.6) is 0 Å². The minimum Gasteiger partial charge on any atom is -0.378 e. The van der Waals surface area contributed by atoms with Crippen LogP contribution in [0.3, 0.4) is 0 Å². The second-order valence-corrected chi connectivity index (χ2v) is 10.3. The number of benzene rings is 2. The van der Waals surface area contributed by atoms with E-state index in [0.717, 1.165) is 49.0 Å². The van der Waals surface area contributed by atoms with Gasteiger partial charge in [-0.2, -0.15) is 0 Å². The molecule has 1 saturated heterocycles. The van der Waals surface area contributed by atoms with E-state index in [1.807, 2.05) is 11.0 Å². The number of amides is 1. The summed E-state index contributed by atoms with van der Waals surface area (Å²) in [7, 11) is 1.70. The number of nitrogens with two attached hydrogens (primary N) is 1. The maximum Gasteiger partial charge on any atom is 0.247 e. The van der Waals surface area contributed by atoms with Crippen LogP contribution >= 0.6 is 0 Å². The molecule has 1 aromatic heterocycles. The third kappa shape index (κ3) is 5.41. The van der Waals surface area contributed by atoms with Gasteiger partial charge < -0.3 is 15.4 Å². The van der Waals surface area contributed by atoms with Gasteiger partial charge in [0.25, 0.3) is 0 Å². The van der Waals surface area contributed by atoms with E-state index in [1.165, 1.54) is 16.5 Å². The molecule has 1 aliphatic rings. The summed E-state index contributed by atoms with van der Waals surface area (Å²) < 4.78 is 5.32. The van der Waals surface area contributed by atoms with Crippen LogP contribution < -0.4 is 5.73 Å². The molecule has 4 rings (SSSR count). The molecule has 2 atom stereocenters. The number of rotatable bonds is 10. The quantitative estimate of drug-likeness (QED) is 0.429. The van der Waals surface area contributed by atoms with Crippen molar-refractivity contribution < 1.29 is 9.53 Å². The Hall–Kier alpha value is -2.76. The van der Waals surface area contributed by atoms with Crippen molar-refractivity contribution in [2.24, 2.45) is 11.7 Å². The second kappa shape index (κ2) is 10.9. The summed E-state index contributed by atoms with van der Waals surface area (Å²) in [6.45, 7) is 7.83. The number of fused-ring (bicyclic) bond motifs is 1. The van der Waals surface area contributed by atoms with Crippen LogP contribution in [0.2, 0.25) is 0 Å². The Morgan fingerprint density at radius 1 is 1.11 bits per heavy atom. The summed E-state index contributed by atoms with van der Waals surface area (Å²) in [6, 6.07) is 19.1. The van der Waals surface area contributed by atoms with E-state index in [9.17, 15) is 4.79 Å². The normalized spacial score (nSPS) is 19.1.